The van der Waals surface area contributed by atoms with Crippen LogP contribution in [0.3, 0.4) is 0 Å². The number of nitrogens with zero attached hydrogens (tertiary/aromatic N) is 5. The van der Waals surface area contributed by atoms with Crippen LogP contribution < -0.4 is 15.7 Å². The van der Waals surface area contributed by atoms with E-state index in [1.54, 1.807) is 30.3 Å². The van der Waals surface area contributed by atoms with Gasteiger partial charge in [-0.25, -0.2) is 5.43 Å². The van der Waals surface area contributed by atoms with Crippen molar-refractivity contribution in [3.05, 3.63) is 91.4 Å². The van der Waals surface area contributed by atoms with Crippen LogP contribution in [0.5, 0.6) is 5.75 Å². The topological polar surface area (TPSA) is 153 Å². The Morgan fingerprint density at radius 3 is 2.70 bits per heavy atom. The number of benzene rings is 2. The maximum atomic E-state index is 12.7. The van der Waals surface area contributed by atoms with Gasteiger partial charge in [0.2, 0.25) is 0 Å². The van der Waals surface area contributed by atoms with Crippen LogP contribution in [0.25, 0.3) is 5.69 Å². The molecule has 1 heterocycles. The van der Waals surface area contributed by atoms with E-state index in [0.29, 0.717) is 23.6 Å². The number of carbonyl (C=O) groups is 1. The predicted octanol–water partition coefficient (Wildman–Crippen LogP) is 2.48. The third-order valence-electron chi connectivity index (χ3n) is 4.52. The summed E-state index contributed by atoms with van der Waals surface area (Å²) in [6.45, 7) is 3.75. The van der Waals surface area contributed by atoms with Crippen molar-refractivity contribution in [1.29, 1.82) is 5.26 Å². The summed E-state index contributed by atoms with van der Waals surface area (Å²) in [7, 11) is 0. The highest BCUT2D eigenvalue weighted by molar-refractivity contribution is 5.94. The molecule has 1 N–H and O–H groups in total. The fourth-order valence-corrected chi connectivity index (χ4v) is 2.91. The summed E-state index contributed by atoms with van der Waals surface area (Å²) >= 11 is 0. The molecule has 1 aromatic heterocycles. The summed E-state index contributed by atoms with van der Waals surface area (Å²) in [4.78, 5) is 35.7. The molecule has 3 rings (SSSR count). The molecule has 2 aromatic carbocycles. The van der Waals surface area contributed by atoms with E-state index in [1.807, 2.05) is 13.0 Å². The Bertz CT molecular complexity index is 1340. The molecule has 0 saturated carbocycles. The van der Waals surface area contributed by atoms with Gasteiger partial charge in [0.15, 0.2) is 5.69 Å². The van der Waals surface area contributed by atoms with Crippen molar-refractivity contribution in [3.63, 3.8) is 0 Å². The van der Waals surface area contributed by atoms with Gasteiger partial charge in [0.05, 0.1) is 23.4 Å². The van der Waals surface area contributed by atoms with Gasteiger partial charge < -0.3 is 4.74 Å². The van der Waals surface area contributed by atoms with Gasteiger partial charge in [-0.05, 0) is 38.1 Å². The van der Waals surface area contributed by atoms with Crippen LogP contribution in [-0.4, -0.2) is 33.4 Å². The van der Waals surface area contributed by atoms with Crippen molar-refractivity contribution in [1.82, 2.24) is 15.2 Å². The summed E-state index contributed by atoms with van der Waals surface area (Å²) in [5.74, 6) is -0.166. The zero-order valence-corrected chi connectivity index (χ0v) is 17.7. The van der Waals surface area contributed by atoms with E-state index in [1.165, 1.54) is 31.3 Å². The largest absolute Gasteiger partial charge is 0.494 e. The van der Waals surface area contributed by atoms with Crippen LogP contribution >= 0.6 is 0 Å². The predicted molar refractivity (Wildman–Crippen MR) is 119 cm³/mol. The first-order valence-electron chi connectivity index (χ1n) is 9.70. The molecule has 166 valence electrons. The number of rotatable bonds is 7. The zero-order valence-electron chi connectivity index (χ0n) is 17.7. The number of hydrazone groups is 1. The number of nitrogens with one attached hydrogen (secondary N) is 1. The molecule has 11 nitrogen and oxygen atoms in total. The van der Waals surface area contributed by atoms with Crippen LogP contribution in [0.15, 0.2) is 58.4 Å². The van der Waals surface area contributed by atoms with Gasteiger partial charge in [-0.15, -0.1) is 0 Å². The summed E-state index contributed by atoms with van der Waals surface area (Å²) in [5, 5.41) is 28.3. The van der Waals surface area contributed by atoms with Crippen molar-refractivity contribution in [2.24, 2.45) is 5.10 Å². The number of nitriles is 1. The molecule has 0 aliphatic carbocycles. The van der Waals surface area contributed by atoms with Gasteiger partial charge in [0.25, 0.3) is 17.2 Å². The second-order valence-corrected chi connectivity index (χ2v) is 6.66. The van der Waals surface area contributed by atoms with Gasteiger partial charge in [-0.1, -0.05) is 12.1 Å². The molecular formula is C22H18N6O5. The number of carbonyl (C=O) groups excluding carboxylic acids is 1. The van der Waals surface area contributed by atoms with E-state index < -0.39 is 16.4 Å². The van der Waals surface area contributed by atoms with Crippen LogP contribution in [0, 0.1) is 28.4 Å². The molecule has 0 aliphatic heterocycles. The monoisotopic (exact) mass is 446 g/mol. The van der Waals surface area contributed by atoms with Crippen molar-refractivity contribution in [2.45, 2.75) is 13.8 Å². The highest BCUT2D eigenvalue weighted by Crippen LogP contribution is 2.16. The molecule has 11 heteroatoms. The van der Waals surface area contributed by atoms with E-state index in [9.17, 15) is 25.0 Å². The van der Waals surface area contributed by atoms with Gasteiger partial charge >= 0.3 is 0 Å². The molecule has 33 heavy (non-hydrogen) atoms. The minimum Gasteiger partial charge on any atom is -0.494 e. The zero-order chi connectivity index (χ0) is 24.0. The molecule has 1 amide bonds. The van der Waals surface area contributed by atoms with Crippen molar-refractivity contribution in [2.75, 3.05) is 6.61 Å². The standard InChI is InChI=1S/C22H18N6O5/c1-3-33-18-9-7-16(8-10-18)27-22(30)19(12-23)14(2)20(26-27)21(29)25-24-13-15-5-4-6-17(11-15)28(31)32/h4-11,13H,3H2,1-2H3,(H,25,29)/b24-13+. The second kappa shape index (κ2) is 9.97. The smallest absolute Gasteiger partial charge is 0.292 e. The number of non-ortho nitro benzene ring substituents is 1. The Balaban J connectivity index is 1.92. The van der Waals surface area contributed by atoms with E-state index in [-0.39, 0.29) is 22.5 Å². The second-order valence-electron chi connectivity index (χ2n) is 6.66. The van der Waals surface area contributed by atoms with Crippen LogP contribution in [0.1, 0.15) is 34.1 Å². The highest BCUT2D eigenvalue weighted by atomic mass is 16.6. The Labute approximate surface area is 187 Å². The summed E-state index contributed by atoms with van der Waals surface area (Å²) in [6.07, 6.45) is 1.23. The van der Waals surface area contributed by atoms with E-state index >= 15 is 0 Å². The summed E-state index contributed by atoms with van der Waals surface area (Å²) < 4.78 is 6.34. The van der Waals surface area contributed by atoms with Gasteiger partial charge in [0, 0.05) is 23.3 Å². The SMILES string of the molecule is CCOc1ccc(-n2nc(C(=O)N/N=C/c3cccc([N+](=O)[O-])c3)c(C)c(C#N)c2=O)cc1. The molecule has 0 saturated heterocycles. The van der Waals surface area contributed by atoms with Crippen molar-refractivity contribution < 1.29 is 14.5 Å². The summed E-state index contributed by atoms with van der Waals surface area (Å²) in [5.41, 5.74) is 1.91. The lowest BCUT2D eigenvalue weighted by molar-refractivity contribution is -0.384. The number of ether oxygens (including phenoxy) is 1. The minimum absolute atomic E-state index is 0.104. The number of aromatic nitrogens is 2. The molecule has 0 fully saturated rings. The molecule has 0 aliphatic rings. The summed E-state index contributed by atoms with van der Waals surface area (Å²) in [6, 6.07) is 13.9. The Morgan fingerprint density at radius 2 is 2.06 bits per heavy atom. The molecule has 0 bridgehead atoms. The lowest BCUT2D eigenvalue weighted by Gasteiger charge is -2.11. The molecule has 0 spiro atoms. The third kappa shape index (κ3) is 5.08. The number of hydrogen-bond acceptors (Lipinski definition) is 8. The Kier molecular flexibility index (Phi) is 6.90. The van der Waals surface area contributed by atoms with Crippen LogP contribution in [0.2, 0.25) is 0 Å². The van der Waals surface area contributed by atoms with E-state index in [0.717, 1.165) is 4.68 Å². The van der Waals surface area contributed by atoms with Gasteiger partial charge in [-0.3, -0.25) is 19.7 Å². The number of nitro groups is 1. The van der Waals surface area contributed by atoms with Gasteiger partial charge in [0.1, 0.15) is 17.4 Å². The Morgan fingerprint density at radius 1 is 1.33 bits per heavy atom. The van der Waals surface area contributed by atoms with E-state index in [2.05, 4.69) is 15.6 Å². The Hall–Kier alpha value is -4.85. The van der Waals surface area contributed by atoms with Crippen LogP contribution in [-0.2, 0) is 0 Å². The average Bonchev–Trinajstić information content (AvgIpc) is 2.80. The molecule has 0 atom stereocenters. The molecular weight excluding hydrogens is 428 g/mol. The fourth-order valence-electron chi connectivity index (χ4n) is 2.91. The molecule has 3 aromatic rings. The first kappa shape index (κ1) is 22.8. The first-order valence-corrected chi connectivity index (χ1v) is 9.70. The lowest BCUT2D eigenvalue weighted by atomic mass is 10.1. The van der Waals surface area contributed by atoms with Crippen LogP contribution in [0.4, 0.5) is 5.69 Å². The lowest BCUT2D eigenvalue weighted by Crippen LogP contribution is -2.31. The number of hydrogen-bond donors (Lipinski definition) is 1. The normalized spacial score (nSPS) is 10.6. The third-order valence-corrected chi connectivity index (χ3v) is 4.52. The minimum atomic E-state index is -0.759. The quantitative estimate of drug-likeness (QED) is 0.332. The number of nitro benzene ring substituents is 1. The molecule has 0 radical (unpaired) electrons. The van der Waals surface area contributed by atoms with Crippen molar-refractivity contribution in [3.8, 4) is 17.5 Å². The van der Waals surface area contributed by atoms with E-state index in [4.69, 9.17) is 4.74 Å². The van der Waals surface area contributed by atoms with Gasteiger partial charge in [-0.2, -0.15) is 20.1 Å². The van der Waals surface area contributed by atoms with Crippen molar-refractivity contribution >= 4 is 17.8 Å². The average molecular weight is 446 g/mol. The first-order chi connectivity index (χ1) is 15.8. The maximum absolute atomic E-state index is 12.7. The molecule has 0 unspecified atom stereocenters. The number of amides is 1. The maximum Gasteiger partial charge on any atom is 0.292 e. The highest BCUT2D eigenvalue weighted by Gasteiger charge is 2.20. The fraction of sp³-hybridized carbons (Fsp3) is 0.136.